The average Bonchev–Trinajstić information content (AvgIpc) is 3.26. The van der Waals surface area contributed by atoms with Crippen molar-refractivity contribution in [2.45, 2.75) is 135 Å². The normalized spacial score (nSPS) is 14.3. The molecule has 0 bridgehead atoms. The molecule has 354 valence electrons. The minimum absolute atomic E-state index is 0.00571. The van der Waals surface area contributed by atoms with Crippen LogP contribution in [0.5, 0.6) is 0 Å². The lowest BCUT2D eigenvalue weighted by Crippen LogP contribution is -2.55. The molecule has 64 heavy (non-hydrogen) atoms. The minimum atomic E-state index is -1.15. The molecule has 0 heterocycles. The number of hydrogen-bond donors (Lipinski definition) is 0. The first-order valence-electron chi connectivity index (χ1n) is 23.6. The molecule has 0 aromatic carbocycles. The molecule has 0 rings (SSSR count). The van der Waals surface area contributed by atoms with E-state index in [1.54, 1.807) is 21.1 Å². The summed E-state index contributed by atoms with van der Waals surface area (Å²) in [5.74, 6) is -1.88. The second kappa shape index (κ2) is 44.6. The van der Waals surface area contributed by atoms with Gasteiger partial charge in [0.05, 0.1) is 40.3 Å². The SMILES string of the molecule is CC/C=C/C=C/C=C/C=C/C=C/C=C/C=C/CCCCCC(=O)OC(COCCC(C(=O)[O-])[N+](C)(C)C)COC(=O)CCCC/C=C/C/C=C/C/C=C/C/C=C/C/C=C/C/C=C/CC. The average molecular weight is 882 g/mol. The van der Waals surface area contributed by atoms with Gasteiger partial charge in [0.25, 0.3) is 0 Å². The molecular weight excluding hydrogens is 799 g/mol. The number of hydrogen-bond acceptors (Lipinski definition) is 7. The molecule has 0 fully saturated rings. The predicted octanol–water partition coefficient (Wildman–Crippen LogP) is 12.2. The number of esters is 2. The summed E-state index contributed by atoms with van der Waals surface area (Å²) in [7, 11) is 5.36. The Labute approximate surface area is 388 Å². The number of quaternary nitrogens is 1. The third-order valence-electron chi connectivity index (χ3n) is 9.35. The number of carboxylic acid groups (broad SMARTS) is 1. The van der Waals surface area contributed by atoms with Crippen LogP contribution in [0.1, 0.15) is 123 Å². The summed E-state index contributed by atoms with van der Waals surface area (Å²) >= 11 is 0. The van der Waals surface area contributed by atoms with Crippen LogP contribution in [-0.2, 0) is 28.6 Å². The fraction of sp³-hybridized carbons (Fsp3) is 0.482. The van der Waals surface area contributed by atoms with Gasteiger partial charge in [-0.1, -0.05) is 178 Å². The first kappa shape index (κ1) is 58.9. The van der Waals surface area contributed by atoms with Crippen molar-refractivity contribution < 1.29 is 38.2 Å². The lowest BCUT2D eigenvalue weighted by Gasteiger charge is -2.34. The van der Waals surface area contributed by atoms with Crippen LogP contribution in [0.4, 0.5) is 0 Å². The number of unbranched alkanes of at least 4 members (excludes halogenated alkanes) is 5. The molecule has 0 aromatic rings. The number of ether oxygens (including phenoxy) is 3. The van der Waals surface area contributed by atoms with Crippen molar-refractivity contribution in [3.05, 3.63) is 158 Å². The van der Waals surface area contributed by atoms with E-state index in [9.17, 15) is 19.5 Å². The van der Waals surface area contributed by atoms with Crippen molar-refractivity contribution in [3.63, 3.8) is 0 Å². The van der Waals surface area contributed by atoms with E-state index in [-0.39, 0.29) is 55.5 Å². The van der Waals surface area contributed by atoms with Crippen molar-refractivity contribution >= 4 is 17.9 Å². The number of likely N-dealkylation sites (N-methyl/N-ethyl adjacent to an activating group) is 1. The van der Waals surface area contributed by atoms with Gasteiger partial charge in [0, 0.05) is 19.3 Å². The van der Waals surface area contributed by atoms with Gasteiger partial charge >= 0.3 is 11.9 Å². The standard InChI is InChI=1S/C56H83NO7/c1-6-8-10-12-14-16-18-20-22-24-26-27-29-30-32-34-36-38-40-42-44-46-54(58)63-51-52(50-62-49-48-53(56(60)61)57(3,4)5)64-55(59)47-45-43-41-39-37-35-33-31-28-25-23-21-19-17-15-13-11-9-7-2/h8-11,13-17,19-23,25-28,30-33,35-38,52-53H,6-7,12,18,24,29,34,39-51H2,1-5H3/b10-8+,11-9+,15-13+,16-14+,19-17+,22-20+,23-21+,27-26+,28-25+,32-30+,33-31+,37-35+,38-36+. The molecule has 0 aliphatic rings. The zero-order chi connectivity index (χ0) is 47.0. The number of allylic oxidation sites excluding steroid dienone is 26. The lowest BCUT2D eigenvalue weighted by molar-refractivity contribution is -0.889. The molecule has 2 atom stereocenters. The van der Waals surface area contributed by atoms with E-state index in [0.29, 0.717) is 12.8 Å². The Morgan fingerprint density at radius 2 is 0.906 bits per heavy atom. The third kappa shape index (κ3) is 42.3. The summed E-state index contributed by atoms with van der Waals surface area (Å²) in [6.07, 6.45) is 67.0. The Morgan fingerprint density at radius 1 is 0.484 bits per heavy atom. The van der Waals surface area contributed by atoms with Gasteiger partial charge in [0.1, 0.15) is 12.6 Å². The van der Waals surface area contributed by atoms with Gasteiger partial charge in [-0.3, -0.25) is 9.59 Å². The van der Waals surface area contributed by atoms with Crippen LogP contribution >= 0.6 is 0 Å². The molecule has 0 radical (unpaired) electrons. The van der Waals surface area contributed by atoms with E-state index in [4.69, 9.17) is 14.2 Å². The topological polar surface area (TPSA) is 102 Å². The van der Waals surface area contributed by atoms with Crippen LogP contribution in [0.3, 0.4) is 0 Å². The van der Waals surface area contributed by atoms with E-state index >= 15 is 0 Å². The summed E-state index contributed by atoms with van der Waals surface area (Å²) in [4.78, 5) is 37.0. The summed E-state index contributed by atoms with van der Waals surface area (Å²) in [5, 5.41) is 11.7. The summed E-state index contributed by atoms with van der Waals surface area (Å²) < 4.78 is 17.1. The van der Waals surface area contributed by atoms with Crippen LogP contribution in [0.2, 0.25) is 0 Å². The Bertz CT molecular complexity index is 1590. The first-order chi connectivity index (χ1) is 31.1. The van der Waals surface area contributed by atoms with Crippen molar-refractivity contribution in [1.29, 1.82) is 0 Å². The van der Waals surface area contributed by atoms with Crippen molar-refractivity contribution in [3.8, 4) is 0 Å². The molecule has 0 saturated carbocycles. The molecule has 0 saturated heterocycles. The largest absolute Gasteiger partial charge is 0.544 e. The fourth-order valence-electron chi connectivity index (χ4n) is 5.76. The summed E-state index contributed by atoms with van der Waals surface area (Å²) in [6.45, 7) is 4.26. The highest BCUT2D eigenvalue weighted by Crippen LogP contribution is 2.11. The van der Waals surface area contributed by atoms with E-state index in [1.165, 1.54) is 0 Å². The maximum Gasteiger partial charge on any atom is 0.306 e. The van der Waals surface area contributed by atoms with Crippen molar-refractivity contribution in [2.75, 3.05) is 41.0 Å². The Balaban J connectivity index is 4.54. The Morgan fingerprint density at radius 3 is 1.41 bits per heavy atom. The maximum atomic E-state index is 12.7. The number of carboxylic acids is 1. The second-order valence-corrected chi connectivity index (χ2v) is 16.1. The molecular formula is C56H83NO7. The molecule has 8 heteroatoms. The van der Waals surface area contributed by atoms with E-state index in [2.05, 4.69) is 98.9 Å². The Kier molecular flexibility index (Phi) is 41.0. The zero-order valence-corrected chi connectivity index (χ0v) is 40.1. The van der Waals surface area contributed by atoms with E-state index in [0.717, 1.165) is 77.0 Å². The quantitative estimate of drug-likeness (QED) is 0.0199. The monoisotopic (exact) mass is 882 g/mol. The zero-order valence-electron chi connectivity index (χ0n) is 40.1. The maximum absolute atomic E-state index is 12.7. The van der Waals surface area contributed by atoms with Crippen LogP contribution < -0.4 is 5.11 Å². The van der Waals surface area contributed by atoms with E-state index < -0.39 is 18.1 Å². The molecule has 2 unspecified atom stereocenters. The van der Waals surface area contributed by atoms with Gasteiger partial charge in [0.2, 0.25) is 0 Å². The summed E-state index contributed by atoms with van der Waals surface area (Å²) in [5.41, 5.74) is 0. The highest BCUT2D eigenvalue weighted by atomic mass is 16.6. The lowest BCUT2D eigenvalue weighted by atomic mass is 10.1. The van der Waals surface area contributed by atoms with Gasteiger partial charge in [-0.05, 0) is 83.5 Å². The number of carbonyl (C=O) groups excluding carboxylic acids is 3. The summed E-state index contributed by atoms with van der Waals surface area (Å²) in [6, 6.07) is -0.754. The van der Waals surface area contributed by atoms with Crippen LogP contribution in [0.25, 0.3) is 0 Å². The molecule has 0 aliphatic carbocycles. The second-order valence-electron chi connectivity index (χ2n) is 16.1. The van der Waals surface area contributed by atoms with Gasteiger partial charge < -0.3 is 28.6 Å². The highest BCUT2D eigenvalue weighted by molar-refractivity contribution is 5.70. The van der Waals surface area contributed by atoms with Crippen molar-refractivity contribution in [1.82, 2.24) is 0 Å². The molecule has 0 amide bonds. The smallest absolute Gasteiger partial charge is 0.306 e. The highest BCUT2D eigenvalue weighted by Gasteiger charge is 2.25. The molecule has 0 aliphatic heterocycles. The number of aliphatic carboxylic acids is 1. The van der Waals surface area contributed by atoms with Crippen LogP contribution in [-0.4, -0.2) is 75.5 Å². The molecule has 0 aromatic heterocycles. The van der Waals surface area contributed by atoms with Gasteiger partial charge in [-0.15, -0.1) is 0 Å². The van der Waals surface area contributed by atoms with Gasteiger partial charge in [-0.2, -0.15) is 0 Å². The van der Waals surface area contributed by atoms with E-state index in [1.807, 2.05) is 72.9 Å². The first-order valence-corrected chi connectivity index (χ1v) is 23.6. The molecule has 0 N–H and O–H groups in total. The fourth-order valence-corrected chi connectivity index (χ4v) is 5.76. The third-order valence-corrected chi connectivity index (χ3v) is 9.35. The minimum Gasteiger partial charge on any atom is -0.544 e. The van der Waals surface area contributed by atoms with Crippen molar-refractivity contribution in [2.24, 2.45) is 0 Å². The number of rotatable bonds is 39. The van der Waals surface area contributed by atoms with Crippen LogP contribution in [0, 0.1) is 0 Å². The number of nitrogens with zero attached hydrogens (tertiary/aromatic N) is 1. The number of carbonyl (C=O) groups is 3. The molecule has 0 spiro atoms. The van der Waals surface area contributed by atoms with Crippen LogP contribution in [0.15, 0.2) is 158 Å². The van der Waals surface area contributed by atoms with Gasteiger partial charge in [0.15, 0.2) is 6.10 Å². The van der Waals surface area contributed by atoms with Gasteiger partial charge in [-0.25, -0.2) is 0 Å². The predicted molar refractivity (Wildman–Crippen MR) is 267 cm³/mol. The molecule has 8 nitrogen and oxygen atoms in total. The Hall–Kier alpha value is -5.05.